The summed E-state index contributed by atoms with van der Waals surface area (Å²) in [6.45, 7) is 7.28. The van der Waals surface area contributed by atoms with E-state index in [1.54, 1.807) is 11.3 Å². The van der Waals surface area contributed by atoms with Crippen molar-refractivity contribution in [1.82, 2.24) is 9.88 Å². The van der Waals surface area contributed by atoms with Crippen LogP contribution in [0.3, 0.4) is 0 Å². The highest BCUT2D eigenvalue weighted by Crippen LogP contribution is 2.26. The molecule has 124 valence electrons. The number of piperazine rings is 1. The average molecular weight is 338 g/mol. The summed E-state index contributed by atoms with van der Waals surface area (Å²) >= 11 is 1.74. The van der Waals surface area contributed by atoms with E-state index in [0.717, 1.165) is 43.5 Å². The van der Waals surface area contributed by atoms with Gasteiger partial charge in [-0.3, -0.25) is 4.90 Å². The van der Waals surface area contributed by atoms with Crippen LogP contribution in [0.25, 0.3) is 10.2 Å². The van der Waals surface area contributed by atoms with Crippen LogP contribution in [0.2, 0.25) is 0 Å². The Morgan fingerprint density at radius 1 is 1.04 bits per heavy atom. The molecule has 0 saturated carbocycles. The maximum Gasteiger partial charge on any atom is 0.184 e. The Morgan fingerprint density at radius 2 is 1.83 bits per heavy atom. The molecule has 5 heteroatoms. The Bertz CT molecular complexity index is 807. The lowest BCUT2D eigenvalue weighted by atomic mass is 10.2. The SMILES string of the molecule is Cc1ccc2nc(NCN3CCN(c4ccccc4)CC3)sc2c1. The fourth-order valence-corrected chi connectivity index (χ4v) is 4.04. The number of aryl methyl sites for hydroxylation is 1. The van der Waals surface area contributed by atoms with E-state index >= 15 is 0 Å². The van der Waals surface area contributed by atoms with Gasteiger partial charge in [-0.1, -0.05) is 35.6 Å². The molecule has 2 heterocycles. The lowest BCUT2D eigenvalue weighted by Crippen LogP contribution is -2.47. The van der Waals surface area contributed by atoms with Crippen LogP contribution in [0.1, 0.15) is 5.56 Å². The second kappa shape index (κ2) is 6.79. The number of hydrogen-bond acceptors (Lipinski definition) is 5. The van der Waals surface area contributed by atoms with Crippen molar-refractivity contribution in [3.05, 3.63) is 54.1 Å². The molecule has 4 rings (SSSR count). The Labute approximate surface area is 146 Å². The van der Waals surface area contributed by atoms with Gasteiger partial charge in [-0.15, -0.1) is 0 Å². The van der Waals surface area contributed by atoms with Crippen LogP contribution in [0.4, 0.5) is 10.8 Å². The van der Waals surface area contributed by atoms with Crippen molar-refractivity contribution in [2.75, 3.05) is 43.1 Å². The molecule has 0 unspecified atom stereocenters. The monoisotopic (exact) mass is 338 g/mol. The average Bonchev–Trinajstić information content (AvgIpc) is 3.03. The number of aromatic nitrogens is 1. The molecule has 1 aromatic heterocycles. The summed E-state index contributed by atoms with van der Waals surface area (Å²) in [5.74, 6) is 0. The Hall–Kier alpha value is -2.11. The molecule has 1 fully saturated rings. The standard InChI is InChI=1S/C19H22N4S/c1-15-7-8-17-18(13-15)24-19(21-17)20-14-22-9-11-23(12-10-22)16-5-3-2-4-6-16/h2-8,13H,9-12,14H2,1H3,(H,20,21). The quantitative estimate of drug-likeness (QED) is 0.784. The first-order valence-corrected chi connectivity index (χ1v) is 9.23. The van der Waals surface area contributed by atoms with E-state index < -0.39 is 0 Å². The maximum atomic E-state index is 4.67. The van der Waals surface area contributed by atoms with Gasteiger partial charge in [0.2, 0.25) is 0 Å². The third-order valence-corrected chi connectivity index (χ3v) is 5.47. The van der Waals surface area contributed by atoms with Gasteiger partial charge < -0.3 is 10.2 Å². The number of hydrogen-bond donors (Lipinski definition) is 1. The Balaban J connectivity index is 1.32. The number of nitrogens with zero attached hydrogens (tertiary/aromatic N) is 3. The fraction of sp³-hybridized carbons (Fsp3) is 0.316. The van der Waals surface area contributed by atoms with E-state index in [2.05, 4.69) is 75.6 Å². The zero-order valence-corrected chi connectivity index (χ0v) is 14.7. The first-order valence-electron chi connectivity index (χ1n) is 8.41. The van der Waals surface area contributed by atoms with Gasteiger partial charge in [0.15, 0.2) is 5.13 Å². The van der Waals surface area contributed by atoms with Crippen LogP contribution < -0.4 is 10.2 Å². The summed E-state index contributed by atoms with van der Waals surface area (Å²) in [5, 5.41) is 4.51. The first-order chi connectivity index (χ1) is 11.8. The molecule has 3 aromatic rings. The van der Waals surface area contributed by atoms with Crippen molar-refractivity contribution >= 4 is 32.4 Å². The van der Waals surface area contributed by atoms with Gasteiger partial charge in [-0.25, -0.2) is 4.98 Å². The number of para-hydroxylation sites is 1. The van der Waals surface area contributed by atoms with Crippen LogP contribution in [0.15, 0.2) is 48.5 Å². The predicted molar refractivity (Wildman–Crippen MR) is 103 cm³/mol. The van der Waals surface area contributed by atoms with Crippen LogP contribution in [-0.2, 0) is 0 Å². The number of benzene rings is 2. The van der Waals surface area contributed by atoms with E-state index in [1.165, 1.54) is 16.0 Å². The van der Waals surface area contributed by atoms with Crippen LogP contribution >= 0.6 is 11.3 Å². The number of nitrogens with one attached hydrogen (secondary N) is 1. The minimum atomic E-state index is 0.863. The van der Waals surface area contributed by atoms with E-state index in [1.807, 2.05) is 0 Å². The van der Waals surface area contributed by atoms with Gasteiger partial charge in [0.1, 0.15) is 0 Å². The van der Waals surface area contributed by atoms with Gasteiger partial charge in [-0.05, 0) is 36.8 Å². The van der Waals surface area contributed by atoms with Gasteiger partial charge in [0.05, 0.1) is 16.9 Å². The minimum Gasteiger partial charge on any atom is -0.369 e. The molecule has 0 amide bonds. The third-order valence-electron chi connectivity index (χ3n) is 4.49. The third kappa shape index (κ3) is 3.37. The molecular formula is C19H22N4S. The van der Waals surface area contributed by atoms with Crippen molar-refractivity contribution < 1.29 is 0 Å². The van der Waals surface area contributed by atoms with Crippen molar-refractivity contribution in [2.45, 2.75) is 6.92 Å². The van der Waals surface area contributed by atoms with Crippen molar-refractivity contribution in [1.29, 1.82) is 0 Å². The number of anilines is 2. The van der Waals surface area contributed by atoms with Crippen molar-refractivity contribution in [3.63, 3.8) is 0 Å². The molecule has 24 heavy (non-hydrogen) atoms. The number of rotatable bonds is 4. The zero-order valence-electron chi connectivity index (χ0n) is 13.9. The predicted octanol–water partition coefficient (Wildman–Crippen LogP) is 3.80. The summed E-state index contributed by atoms with van der Waals surface area (Å²) in [6.07, 6.45) is 0. The van der Waals surface area contributed by atoms with Crippen LogP contribution in [0.5, 0.6) is 0 Å². The molecule has 2 aromatic carbocycles. The lowest BCUT2D eigenvalue weighted by molar-refractivity contribution is 0.275. The summed E-state index contributed by atoms with van der Waals surface area (Å²) in [7, 11) is 0. The lowest BCUT2D eigenvalue weighted by Gasteiger charge is -2.36. The molecule has 0 atom stereocenters. The zero-order chi connectivity index (χ0) is 16.4. The van der Waals surface area contributed by atoms with Gasteiger partial charge in [0.25, 0.3) is 0 Å². The highest BCUT2D eigenvalue weighted by atomic mass is 32.1. The summed E-state index contributed by atoms with van der Waals surface area (Å²) in [6, 6.07) is 17.1. The summed E-state index contributed by atoms with van der Waals surface area (Å²) in [5.41, 5.74) is 3.70. The molecule has 1 N–H and O–H groups in total. The normalized spacial score (nSPS) is 15.8. The first kappa shape index (κ1) is 15.4. The van der Waals surface area contributed by atoms with E-state index in [9.17, 15) is 0 Å². The molecular weight excluding hydrogens is 316 g/mol. The molecule has 1 saturated heterocycles. The Morgan fingerprint density at radius 3 is 2.62 bits per heavy atom. The second-order valence-electron chi connectivity index (χ2n) is 6.27. The number of thiazole rings is 1. The van der Waals surface area contributed by atoms with Crippen molar-refractivity contribution in [2.24, 2.45) is 0 Å². The summed E-state index contributed by atoms with van der Waals surface area (Å²) in [4.78, 5) is 9.58. The van der Waals surface area contributed by atoms with E-state index in [-0.39, 0.29) is 0 Å². The van der Waals surface area contributed by atoms with E-state index in [0.29, 0.717) is 0 Å². The molecule has 0 radical (unpaired) electrons. The minimum absolute atomic E-state index is 0.863. The molecule has 4 nitrogen and oxygen atoms in total. The highest BCUT2D eigenvalue weighted by molar-refractivity contribution is 7.22. The van der Waals surface area contributed by atoms with Crippen LogP contribution in [0, 0.1) is 6.92 Å². The summed E-state index contributed by atoms with van der Waals surface area (Å²) < 4.78 is 1.26. The molecule has 0 bridgehead atoms. The molecule has 0 spiro atoms. The smallest absolute Gasteiger partial charge is 0.184 e. The van der Waals surface area contributed by atoms with Gasteiger partial charge >= 0.3 is 0 Å². The molecule has 1 aliphatic heterocycles. The van der Waals surface area contributed by atoms with Gasteiger partial charge in [0, 0.05) is 31.9 Å². The fourth-order valence-electron chi connectivity index (χ4n) is 3.09. The van der Waals surface area contributed by atoms with E-state index in [4.69, 9.17) is 0 Å². The topological polar surface area (TPSA) is 31.4 Å². The second-order valence-corrected chi connectivity index (χ2v) is 7.30. The Kier molecular flexibility index (Phi) is 4.36. The number of fused-ring (bicyclic) bond motifs is 1. The molecule has 0 aliphatic carbocycles. The highest BCUT2D eigenvalue weighted by Gasteiger charge is 2.17. The molecule has 1 aliphatic rings. The maximum absolute atomic E-state index is 4.67. The van der Waals surface area contributed by atoms with Crippen molar-refractivity contribution in [3.8, 4) is 0 Å². The van der Waals surface area contributed by atoms with Crippen LogP contribution in [-0.4, -0.2) is 42.7 Å². The van der Waals surface area contributed by atoms with Gasteiger partial charge in [-0.2, -0.15) is 0 Å². The largest absolute Gasteiger partial charge is 0.369 e.